The molecule has 10 heteroatoms. The van der Waals surface area contributed by atoms with Gasteiger partial charge in [0.2, 0.25) is 0 Å². The Bertz CT molecular complexity index is 1290. The van der Waals surface area contributed by atoms with Gasteiger partial charge in [-0.1, -0.05) is 13.8 Å². The van der Waals surface area contributed by atoms with Crippen LogP contribution in [-0.4, -0.2) is 63.2 Å². The maximum absolute atomic E-state index is 12.7. The summed E-state index contributed by atoms with van der Waals surface area (Å²) in [7, 11) is 0. The molecule has 2 amide bonds. The smallest absolute Gasteiger partial charge is 0.255 e. The number of ether oxygens (including phenoxy) is 2. The number of anilines is 2. The second-order valence-corrected chi connectivity index (χ2v) is 8.85. The minimum absolute atomic E-state index is 0. The number of nitrogens with one attached hydrogen (secondary N) is 5. The normalized spacial score (nSPS) is 14.3. The molecule has 2 heterocycles. The molecule has 0 radical (unpaired) electrons. The Morgan fingerprint density at radius 2 is 1.27 bits per heavy atom. The number of hydrogen-bond donors (Lipinski definition) is 5. The summed E-state index contributed by atoms with van der Waals surface area (Å²) in [5, 5.41) is 15.5. The molecule has 218 valence electrons. The van der Waals surface area contributed by atoms with Crippen LogP contribution in [-0.2, 0) is 0 Å². The lowest BCUT2D eigenvalue weighted by Gasteiger charge is -2.13. The fraction of sp³-hybridized carbons (Fsp3) is 0.300. The number of rotatable bonds is 10. The lowest BCUT2D eigenvalue weighted by molar-refractivity contribution is 0.101. The predicted molar refractivity (Wildman–Crippen MR) is 166 cm³/mol. The molecule has 0 bridgehead atoms. The molecular weight excluding hydrogens is 508 g/mol. The molecule has 1 fully saturated rings. The van der Waals surface area contributed by atoms with Crippen LogP contribution in [0.15, 0.2) is 77.8 Å². The molecule has 0 unspecified atom stereocenters. The second-order valence-electron chi connectivity index (χ2n) is 8.85. The third-order valence-corrected chi connectivity index (χ3v) is 6.08. The van der Waals surface area contributed by atoms with E-state index in [4.69, 9.17) is 9.47 Å². The predicted octanol–water partition coefficient (Wildman–Crippen LogP) is 4.48. The van der Waals surface area contributed by atoms with Gasteiger partial charge in [-0.2, -0.15) is 0 Å². The van der Waals surface area contributed by atoms with Crippen molar-refractivity contribution in [2.24, 2.45) is 4.99 Å². The van der Waals surface area contributed by atoms with Crippen LogP contribution in [0.4, 0.5) is 11.4 Å². The molecule has 0 aromatic heterocycles. The van der Waals surface area contributed by atoms with E-state index in [1.165, 1.54) is 0 Å². The zero-order chi connectivity index (χ0) is 28.2. The van der Waals surface area contributed by atoms with Crippen molar-refractivity contribution in [2.45, 2.75) is 20.0 Å². The molecular formula is C30H44N6O4. The Morgan fingerprint density at radius 3 is 1.75 bits per heavy atom. The first-order valence-corrected chi connectivity index (χ1v) is 13.5. The summed E-state index contributed by atoms with van der Waals surface area (Å²) in [6.45, 7) is 8.40. The molecule has 3 aromatic rings. The zero-order valence-corrected chi connectivity index (χ0v) is 22.8. The van der Waals surface area contributed by atoms with E-state index in [2.05, 4.69) is 31.6 Å². The molecule has 5 N–H and O–H groups in total. The van der Waals surface area contributed by atoms with Gasteiger partial charge in [-0.3, -0.25) is 25.2 Å². The molecule has 0 atom stereocenters. The quantitative estimate of drug-likeness (QED) is 0.251. The lowest BCUT2D eigenvalue weighted by Crippen LogP contribution is -2.36. The van der Waals surface area contributed by atoms with E-state index < -0.39 is 0 Å². The Kier molecular flexibility index (Phi) is 10.5. The van der Waals surface area contributed by atoms with Crippen LogP contribution < -0.4 is 36.1 Å². The van der Waals surface area contributed by atoms with Crippen molar-refractivity contribution in [3.63, 3.8) is 0 Å². The number of carbonyl (C=O) groups excluding carboxylic acids is 2. The Labute approximate surface area is 240 Å². The second kappa shape index (κ2) is 14.7. The summed E-state index contributed by atoms with van der Waals surface area (Å²) < 4.78 is 11.5. The van der Waals surface area contributed by atoms with E-state index in [9.17, 15) is 9.59 Å². The van der Waals surface area contributed by atoms with Crippen LogP contribution in [0.2, 0.25) is 0 Å². The topological polar surface area (TPSA) is 125 Å². The van der Waals surface area contributed by atoms with Crippen LogP contribution in [0.25, 0.3) is 0 Å². The Morgan fingerprint density at radius 1 is 0.775 bits per heavy atom. The fourth-order valence-corrected chi connectivity index (χ4v) is 4.01. The van der Waals surface area contributed by atoms with E-state index in [0.29, 0.717) is 41.5 Å². The highest BCUT2D eigenvalue weighted by Gasteiger charge is 2.14. The van der Waals surface area contributed by atoms with Crippen LogP contribution >= 0.6 is 0 Å². The maximum Gasteiger partial charge on any atom is 0.255 e. The Balaban J connectivity index is 0.00000302. The van der Waals surface area contributed by atoms with Crippen LogP contribution in [0, 0.1) is 0 Å². The highest BCUT2D eigenvalue weighted by molar-refractivity contribution is 6.07. The van der Waals surface area contributed by atoms with Crippen LogP contribution in [0.1, 0.15) is 40.3 Å². The summed E-state index contributed by atoms with van der Waals surface area (Å²) >= 11 is 0. The van der Waals surface area contributed by atoms with E-state index in [0.717, 1.165) is 37.8 Å². The minimum Gasteiger partial charge on any atom is -0.491 e. The van der Waals surface area contributed by atoms with Gasteiger partial charge >= 0.3 is 0 Å². The fourth-order valence-electron chi connectivity index (χ4n) is 4.01. The Hall–Kier alpha value is -4.41. The van der Waals surface area contributed by atoms with Gasteiger partial charge in [-0.15, -0.1) is 0 Å². The van der Waals surface area contributed by atoms with Crippen molar-refractivity contribution in [2.75, 3.05) is 50.0 Å². The number of hydrogen-bond acceptors (Lipinski definition) is 8. The van der Waals surface area contributed by atoms with Crippen molar-refractivity contribution >= 4 is 29.0 Å². The third-order valence-electron chi connectivity index (χ3n) is 6.08. The first-order chi connectivity index (χ1) is 19.6. The van der Waals surface area contributed by atoms with Gasteiger partial charge < -0.3 is 25.4 Å². The van der Waals surface area contributed by atoms with Crippen LogP contribution in [0.5, 0.6) is 11.5 Å². The number of amides is 2. The largest absolute Gasteiger partial charge is 0.491 e. The molecule has 0 spiro atoms. The van der Waals surface area contributed by atoms with Crippen LogP contribution in [0.3, 0.4) is 0 Å². The standard InChI is InChI=1S/C28H30N6O4.C2H6.4H2/c35-27(33-21-5-9-23(10-6-21)37-17-25-29-13-14-30-25)19-1-2-20(4-3-19)28(36)34-22-7-11-24(12-8-22)38-18-26-31-15-16-32-26;1-2;;;;/h1-12,25,29-30H,13-18H2,(H,31,32)(H,33,35)(H,34,36);1-2H3;4*1H. The van der Waals surface area contributed by atoms with Gasteiger partial charge in [0.25, 0.3) is 11.8 Å². The SMILES string of the molecule is CC.O=C(Nc1ccc(OCC2=NCCN2)cc1)c1ccc(C(=O)Nc2ccc(OCC3NCCN3)cc2)cc1.[HH].[HH].[HH].[HH]. The molecule has 2 aliphatic rings. The maximum atomic E-state index is 12.7. The molecule has 0 aliphatic carbocycles. The number of aliphatic imine (C=N–C) groups is 1. The van der Waals surface area contributed by atoms with Gasteiger partial charge in [-0.05, 0) is 72.8 Å². The van der Waals surface area contributed by atoms with E-state index in [-0.39, 0.29) is 23.7 Å². The van der Waals surface area contributed by atoms with Gasteiger partial charge in [0.15, 0.2) is 0 Å². The lowest BCUT2D eigenvalue weighted by atomic mass is 10.1. The van der Waals surface area contributed by atoms with Crippen molar-refractivity contribution in [3.8, 4) is 11.5 Å². The number of nitrogens with zero attached hydrogens (tertiary/aromatic N) is 1. The van der Waals surface area contributed by atoms with E-state index in [1.807, 2.05) is 26.0 Å². The summed E-state index contributed by atoms with van der Waals surface area (Å²) in [4.78, 5) is 29.6. The highest BCUT2D eigenvalue weighted by Crippen LogP contribution is 2.19. The first kappa shape index (κ1) is 28.6. The number of carbonyl (C=O) groups is 2. The average molecular weight is 553 g/mol. The van der Waals surface area contributed by atoms with Crippen molar-refractivity contribution in [3.05, 3.63) is 83.9 Å². The molecule has 1 saturated heterocycles. The highest BCUT2D eigenvalue weighted by atomic mass is 16.5. The third kappa shape index (κ3) is 8.29. The molecule has 40 heavy (non-hydrogen) atoms. The summed E-state index contributed by atoms with van der Waals surface area (Å²) in [5.74, 6) is 1.73. The number of amidine groups is 1. The molecule has 2 aliphatic heterocycles. The summed E-state index contributed by atoms with van der Waals surface area (Å²) in [5.41, 5.74) is 2.19. The zero-order valence-electron chi connectivity index (χ0n) is 22.8. The number of benzene rings is 3. The van der Waals surface area contributed by atoms with Crippen molar-refractivity contribution in [1.29, 1.82) is 0 Å². The molecule has 3 aromatic carbocycles. The van der Waals surface area contributed by atoms with Crippen molar-refractivity contribution < 1.29 is 24.8 Å². The van der Waals surface area contributed by atoms with Crippen molar-refractivity contribution in [1.82, 2.24) is 16.0 Å². The monoisotopic (exact) mass is 552 g/mol. The molecule has 5 rings (SSSR count). The summed E-state index contributed by atoms with van der Waals surface area (Å²) in [6.07, 6.45) is 0.153. The van der Waals surface area contributed by atoms with Gasteiger partial charge in [0.1, 0.15) is 30.5 Å². The van der Waals surface area contributed by atoms with Gasteiger partial charge in [-0.25, -0.2) is 0 Å². The average Bonchev–Trinajstić information content (AvgIpc) is 3.72. The minimum atomic E-state index is -0.270. The van der Waals surface area contributed by atoms with E-state index >= 15 is 0 Å². The molecule has 10 nitrogen and oxygen atoms in total. The van der Waals surface area contributed by atoms with Gasteiger partial charge in [0.05, 0.1) is 12.7 Å². The van der Waals surface area contributed by atoms with Gasteiger partial charge in [0, 0.05) is 47.8 Å². The molecule has 0 saturated carbocycles. The summed E-state index contributed by atoms with van der Waals surface area (Å²) in [6, 6.07) is 20.9. The first-order valence-electron chi connectivity index (χ1n) is 13.5. The van der Waals surface area contributed by atoms with E-state index in [1.54, 1.807) is 60.7 Å².